The summed E-state index contributed by atoms with van der Waals surface area (Å²) in [7, 11) is 1.78. The van der Waals surface area contributed by atoms with E-state index in [-0.39, 0.29) is 5.54 Å². The van der Waals surface area contributed by atoms with Gasteiger partial charge in [-0.05, 0) is 53.0 Å². The van der Waals surface area contributed by atoms with Crippen LogP contribution in [0.3, 0.4) is 0 Å². The van der Waals surface area contributed by atoms with Crippen molar-refractivity contribution in [1.29, 1.82) is 0 Å². The zero-order valence-electron chi connectivity index (χ0n) is 14.3. The molecule has 1 atom stereocenters. The van der Waals surface area contributed by atoms with Crippen LogP contribution < -0.4 is 5.32 Å². The molecule has 3 nitrogen and oxygen atoms in total. The Morgan fingerprint density at radius 2 is 1.79 bits per heavy atom. The first-order chi connectivity index (χ1) is 8.76. The van der Waals surface area contributed by atoms with Crippen LogP contribution in [-0.4, -0.2) is 49.8 Å². The van der Waals surface area contributed by atoms with Gasteiger partial charge in [0.05, 0.1) is 6.61 Å². The molecule has 0 aromatic rings. The van der Waals surface area contributed by atoms with Crippen molar-refractivity contribution in [3.8, 4) is 0 Å². The molecule has 0 bridgehead atoms. The van der Waals surface area contributed by atoms with Gasteiger partial charge in [-0.25, -0.2) is 0 Å². The molecule has 0 aromatic carbocycles. The number of nitrogens with one attached hydrogen (secondary N) is 1. The molecule has 0 aliphatic heterocycles. The molecule has 0 heterocycles. The molecule has 1 unspecified atom stereocenters. The molecule has 3 heteroatoms. The van der Waals surface area contributed by atoms with Crippen molar-refractivity contribution >= 4 is 0 Å². The monoisotopic (exact) mass is 272 g/mol. The highest BCUT2D eigenvalue weighted by Gasteiger charge is 2.15. The summed E-state index contributed by atoms with van der Waals surface area (Å²) in [6, 6.07) is 0.638. The average molecular weight is 272 g/mol. The molecule has 0 aromatic heterocycles. The van der Waals surface area contributed by atoms with Gasteiger partial charge in [-0.15, -0.1) is 0 Å². The van der Waals surface area contributed by atoms with Gasteiger partial charge in [0.1, 0.15) is 0 Å². The van der Waals surface area contributed by atoms with Gasteiger partial charge >= 0.3 is 0 Å². The highest BCUT2D eigenvalue weighted by Crippen LogP contribution is 2.10. The van der Waals surface area contributed by atoms with E-state index in [9.17, 15) is 0 Å². The maximum absolute atomic E-state index is 5.22. The minimum atomic E-state index is 0.233. The van der Waals surface area contributed by atoms with E-state index >= 15 is 0 Å². The predicted molar refractivity (Wildman–Crippen MR) is 84.7 cm³/mol. The average Bonchev–Trinajstić information content (AvgIpc) is 2.28. The number of hydrogen-bond donors (Lipinski definition) is 1. The van der Waals surface area contributed by atoms with E-state index in [1.165, 1.54) is 12.8 Å². The number of rotatable bonds is 10. The van der Waals surface area contributed by atoms with E-state index in [0.29, 0.717) is 12.0 Å². The van der Waals surface area contributed by atoms with Crippen molar-refractivity contribution in [3.63, 3.8) is 0 Å². The van der Waals surface area contributed by atoms with Crippen LogP contribution >= 0.6 is 0 Å². The first-order valence-corrected chi connectivity index (χ1v) is 7.74. The summed E-state index contributed by atoms with van der Waals surface area (Å²) in [4.78, 5) is 2.56. The molecule has 19 heavy (non-hydrogen) atoms. The fraction of sp³-hybridized carbons (Fsp3) is 1.00. The summed E-state index contributed by atoms with van der Waals surface area (Å²) in [5.74, 6) is 0.715. The summed E-state index contributed by atoms with van der Waals surface area (Å²) in [6.07, 6.45) is 2.49. The summed E-state index contributed by atoms with van der Waals surface area (Å²) in [5, 5.41) is 3.56. The Balaban J connectivity index is 3.98. The highest BCUT2D eigenvalue weighted by atomic mass is 16.5. The first-order valence-electron chi connectivity index (χ1n) is 7.74. The lowest BCUT2D eigenvalue weighted by atomic mass is 10.1. The highest BCUT2D eigenvalue weighted by molar-refractivity contribution is 4.72. The lowest BCUT2D eigenvalue weighted by molar-refractivity contribution is 0.111. The van der Waals surface area contributed by atoms with Gasteiger partial charge in [0.2, 0.25) is 0 Å². The topological polar surface area (TPSA) is 24.5 Å². The van der Waals surface area contributed by atoms with Crippen LogP contribution in [0, 0.1) is 5.92 Å². The Morgan fingerprint density at radius 3 is 2.26 bits per heavy atom. The fourth-order valence-electron chi connectivity index (χ4n) is 2.21. The second kappa shape index (κ2) is 9.73. The molecule has 0 fully saturated rings. The van der Waals surface area contributed by atoms with E-state index in [1.54, 1.807) is 7.11 Å². The van der Waals surface area contributed by atoms with Crippen LogP contribution in [0.15, 0.2) is 0 Å². The summed E-state index contributed by atoms with van der Waals surface area (Å²) >= 11 is 0. The third kappa shape index (κ3) is 11.4. The largest absolute Gasteiger partial charge is 0.383 e. The second-order valence-corrected chi connectivity index (χ2v) is 7.05. The molecule has 116 valence electrons. The Labute approximate surface area is 121 Å². The quantitative estimate of drug-likeness (QED) is 0.618. The third-order valence-electron chi connectivity index (χ3n) is 3.26. The van der Waals surface area contributed by atoms with Gasteiger partial charge in [-0.3, -0.25) is 4.90 Å². The lowest BCUT2D eigenvalue weighted by Crippen LogP contribution is -2.40. The second-order valence-electron chi connectivity index (χ2n) is 7.05. The Kier molecular flexibility index (Phi) is 9.67. The van der Waals surface area contributed by atoms with Crippen LogP contribution in [-0.2, 0) is 4.74 Å². The van der Waals surface area contributed by atoms with Crippen molar-refractivity contribution in [2.24, 2.45) is 5.92 Å². The van der Waals surface area contributed by atoms with Gasteiger partial charge < -0.3 is 10.1 Å². The molecule has 0 radical (unpaired) electrons. The van der Waals surface area contributed by atoms with Crippen molar-refractivity contribution < 1.29 is 4.74 Å². The molecule has 0 saturated heterocycles. The predicted octanol–water partition coefficient (Wildman–Crippen LogP) is 3.15. The number of nitrogens with zero attached hydrogens (tertiary/aromatic N) is 1. The minimum Gasteiger partial charge on any atom is -0.383 e. The van der Waals surface area contributed by atoms with Gasteiger partial charge in [-0.2, -0.15) is 0 Å². The fourth-order valence-corrected chi connectivity index (χ4v) is 2.21. The van der Waals surface area contributed by atoms with E-state index in [0.717, 1.165) is 26.2 Å². The van der Waals surface area contributed by atoms with Gasteiger partial charge in [0.15, 0.2) is 0 Å². The summed E-state index contributed by atoms with van der Waals surface area (Å²) in [5.41, 5.74) is 0.233. The molecule has 0 aliphatic carbocycles. The molecular weight excluding hydrogens is 236 g/mol. The Hall–Kier alpha value is -0.120. The van der Waals surface area contributed by atoms with Gasteiger partial charge in [0.25, 0.3) is 0 Å². The van der Waals surface area contributed by atoms with Crippen LogP contribution in [0.5, 0.6) is 0 Å². The summed E-state index contributed by atoms with van der Waals surface area (Å²) in [6.45, 7) is 17.7. The normalized spacial score (nSPS) is 14.4. The van der Waals surface area contributed by atoms with Gasteiger partial charge in [0, 0.05) is 31.8 Å². The van der Waals surface area contributed by atoms with E-state index < -0.39 is 0 Å². The van der Waals surface area contributed by atoms with E-state index in [1.807, 2.05) is 0 Å². The first kappa shape index (κ1) is 18.9. The van der Waals surface area contributed by atoms with Crippen LogP contribution in [0.2, 0.25) is 0 Å². The molecule has 0 amide bonds. The molecule has 0 rings (SSSR count). The number of hydrogen-bond acceptors (Lipinski definition) is 3. The zero-order valence-corrected chi connectivity index (χ0v) is 14.3. The van der Waals surface area contributed by atoms with Crippen molar-refractivity contribution in [3.05, 3.63) is 0 Å². The SMILES string of the molecule is COCCN(CC(C)C)C(C)CCCNC(C)(C)C. The minimum absolute atomic E-state index is 0.233. The van der Waals surface area contributed by atoms with Crippen molar-refractivity contribution in [2.75, 3.05) is 33.4 Å². The molecule has 0 aliphatic rings. The molecule has 0 saturated carbocycles. The standard InChI is InChI=1S/C16H36N2O/c1-14(2)13-18(11-12-19-7)15(3)9-8-10-17-16(4,5)6/h14-15,17H,8-13H2,1-7H3. The van der Waals surface area contributed by atoms with Crippen LogP contribution in [0.4, 0.5) is 0 Å². The zero-order chi connectivity index (χ0) is 14.9. The smallest absolute Gasteiger partial charge is 0.0589 e. The lowest BCUT2D eigenvalue weighted by Gasteiger charge is -2.31. The molecule has 0 spiro atoms. The van der Waals surface area contributed by atoms with Crippen molar-refractivity contribution in [2.45, 2.75) is 66.0 Å². The molecular formula is C16H36N2O. The Bertz CT molecular complexity index is 211. The summed E-state index contributed by atoms with van der Waals surface area (Å²) < 4.78 is 5.22. The van der Waals surface area contributed by atoms with E-state index in [4.69, 9.17) is 4.74 Å². The number of ether oxygens (including phenoxy) is 1. The van der Waals surface area contributed by atoms with E-state index in [2.05, 4.69) is 51.8 Å². The van der Waals surface area contributed by atoms with Crippen LogP contribution in [0.25, 0.3) is 0 Å². The number of methoxy groups -OCH3 is 1. The molecule has 1 N–H and O–H groups in total. The third-order valence-corrected chi connectivity index (χ3v) is 3.26. The maximum atomic E-state index is 5.22. The van der Waals surface area contributed by atoms with Crippen molar-refractivity contribution in [1.82, 2.24) is 10.2 Å². The van der Waals surface area contributed by atoms with Crippen LogP contribution in [0.1, 0.15) is 54.4 Å². The Morgan fingerprint density at radius 1 is 1.16 bits per heavy atom. The van der Waals surface area contributed by atoms with Gasteiger partial charge in [-0.1, -0.05) is 13.8 Å². The maximum Gasteiger partial charge on any atom is 0.0589 e.